The molecule has 0 heterocycles. The average Bonchev–Trinajstić information content (AvgIpc) is 2.22. The van der Waals surface area contributed by atoms with Gasteiger partial charge in [-0.25, -0.2) is 0 Å². The molecule has 2 heteroatoms. The Bertz CT molecular complexity index is 329. The highest BCUT2D eigenvalue weighted by Crippen LogP contribution is 2.63. The zero-order valence-corrected chi connectivity index (χ0v) is 9.23. The van der Waals surface area contributed by atoms with Crippen molar-refractivity contribution >= 4 is 15.9 Å². The van der Waals surface area contributed by atoms with E-state index in [-0.39, 0.29) is 0 Å². The van der Waals surface area contributed by atoms with Gasteiger partial charge in [0.25, 0.3) is 0 Å². The highest BCUT2D eigenvalue weighted by molar-refractivity contribution is 9.11. The van der Waals surface area contributed by atoms with Gasteiger partial charge in [-0.3, -0.25) is 0 Å². The molecule has 70 valence electrons. The molecule has 3 rings (SSSR count). The van der Waals surface area contributed by atoms with Crippen molar-refractivity contribution in [2.75, 3.05) is 0 Å². The SMILES string of the molecule is NC1=C2CCC23C=C(Br)CCC3C1. The minimum atomic E-state index is 0.418. The van der Waals surface area contributed by atoms with Crippen molar-refractivity contribution in [2.24, 2.45) is 17.1 Å². The summed E-state index contributed by atoms with van der Waals surface area (Å²) in [6.45, 7) is 0. The van der Waals surface area contributed by atoms with Gasteiger partial charge in [0.05, 0.1) is 0 Å². The molecule has 0 aromatic rings. The molecular formula is C11H14BrN. The molecule has 1 fully saturated rings. The van der Waals surface area contributed by atoms with Crippen molar-refractivity contribution in [2.45, 2.75) is 32.1 Å². The number of allylic oxidation sites excluding steroid dienone is 4. The topological polar surface area (TPSA) is 26.0 Å². The molecule has 0 bridgehead atoms. The zero-order valence-electron chi connectivity index (χ0n) is 7.65. The number of hydrogen-bond acceptors (Lipinski definition) is 1. The monoisotopic (exact) mass is 239 g/mol. The summed E-state index contributed by atoms with van der Waals surface area (Å²) >= 11 is 3.64. The molecule has 0 saturated heterocycles. The van der Waals surface area contributed by atoms with Crippen LogP contribution in [0.5, 0.6) is 0 Å². The molecule has 13 heavy (non-hydrogen) atoms. The van der Waals surface area contributed by atoms with Crippen LogP contribution in [-0.4, -0.2) is 0 Å². The van der Waals surface area contributed by atoms with Crippen LogP contribution in [0, 0.1) is 11.3 Å². The van der Waals surface area contributed by atoms with Gasteiger partial charge in [-0.1, -0.05) is 22.0 Å². The zero-order chi connectivity index (χ0) is 9.05. The van der Waals surface area contributed by atoms with Crippen LogP contribution in [0.2, 0.25) is 0 Å². The van der Waals surface area contributed by atoms with Gasteiger partial charge >= 0.3 is 0 Å². The van der Waals surface area contributed by atoms with Crippen LogP contribution in [0.4, 0.5) is 0 Å². The number of rotatable bonds is 0. The normalized spacial score (nSPS) is 42.2. The van der Waals surface area contributed by atoms with Crippen molar-refractivity contribution in [3.8, 4) is 0 Å². The van der Waals surface area contributed by atoms with Crippen molar-refractivity contribution in [1.29, 1.82) is 0 Å². The maximum absolute atomic E-state index is 6.05. The van der Waals surface area contributed by atoms with E-state index in [2.05, 4.69) is 22.0 Å². The van der Waals surface area contributed by atoms with Crippen LogP contribution in [0.15, 0.2) is 21.8 Å². The summed E-state index contributed by atoms with van der Waals surface area (Å²) in [5.74, 6) is 0.831. The van der Waals surface area contributed by atoms with Crippen LogP contribution in [0.1, 0.15) is 32.1 Å². The highest BCUT2D eigenvalue weighted by atomic mass is 79.9. The summed E-state index contributed by atoms with van der Waals surface area (Å²) in [6, 6.07) is 0. The fraction of sp³-hybridized carbons (Fsp3) is 0.636. The molecule has 0 radical (unpaired) electrons. The Balaban J connectivity index is 2.08. The summed E-state index contributed by atoms with van der Waals surface area (Å²) in [7, 11) is 0. The van der Waals surface area contributed by atoms with Crippen LogP contribution in [0.3, 0.4) is 0 Å². The molecule has 0 amide bonds. The van der Waals surface area contributed by atoms with E-state index in [1.807, 2.05) is 0 Å². The lowest BCUT2D eigenvalue weighted by Gasteiger charge is -2.46. The Hall–Kier alpha value is -0.240. The predicted molar refractivity (Wildman–Crippen MR) is 57.2 cm³/mol. The first-order valence-electron chi connectivity index (χ1n) is 5.07. The van der Waals surface area contributed by atoms with E-state index in [1.54, 1.807) is 5.57 Å². The fourth-order valence-corrected chi connectivity index (χ4v) is 3.96. The minimum absolute atomic E-state index is 0.418. The molecule has 2 unspecified atom stereocenters. The molecule has 3 aliphatic rings. The van der Waals surface area contributed by atoms with Gasteiger partial charge < -0.3 is 5.73 Å². The second-order valence-corrected chi connectivity index (χ2v) is 5.59. The quantitative estimate of drug-likeness (QED) is 0.691. The van der Waals surface area contributed by atoms with Gasteiger partial charge in [-0.2, -0.15) is 0 Å². The molecule has 1 spiro atoms. The molecule has 0 aromatic heterocycles. The van der Waals surface area contributed by atoms with E-state index < -0.39 is 0 Å². The second kappa shape index (κ2) is 2.41. The van der Waals surface area contributed by atoms with E-state index in [0.717, 1.165) is 12.3 Å². The third-order valence-electron chi connectivity index (χ3n) is 4.08. The van der Waals surface area contributed by atoms with Crippen LogP contribution in [-0.2, 0) is 0 Å². The first-order valence-corrected chi connectivity index (χ1v) is 5.87. The number of halogens is 1. The van der Waals surface area contributed by atoms with Crippen LogP contribution in [0.25, 0.3) is 0 Å². The Morgan fingerprint density at radius 3 is 3.00 bits per heavy atom. The predicted octanol–water partition coefficient (Wildman–Crippen LogP) is 3.07. The Morgan fingerprint density at radius 1 is 1.46 bits per heavy atom. The lowest BCUT2D eigenvalue weighted by molar-refractivity contribution is 0.199. The molecule has 0 aliphatic heterocycles. The van der Waals surface area contributed by atoms with Gasteiger partial charge in [0.2, 0.25) is 0 Å². The van der Waals surface area contributed by atoms with Gasteiger partial charge in [-0.05, 0) is 48.1 Å². The third kappa shape index (κ3) is 0.876. The summed E-state index contributed by atoms with van der Waals surface area (Å²) < 4.78 is 1.40. The molecule has 1 saturated carbocycles. The molecular weight excluding hydrogens is 226 g/mol. The van der Waals surface area contributed by atoms with Gasteiger partial charge in [0, 0.05) is 11.1 Å². The maximum atomic E-state index is 6.05. The average molecular weight is 240 g/mol. The number of nitrogens with two attached hydrogens (primary N) is 1. The standard InChI is InChI=1S/C11H14BrN/c12-8-2-1-7-5-10(13)9-3-4-11(7,9)6-8/h6-7H,1-5,13H2. The fourth-order valence-electron chi connectivity index (χ4n) is 3.32. The van der Waals surface area contributed by atoms with E-state index in [9.17, 15) is 0 Å². The minimum Gasteiger partial charge on any atom is -0.402 e. The second-order valence-electron chi connectivity index (χ2n) is 4.58. The van der Waals surface area contributed by atoms with E-state index in [1.165, 1.54) is 35.9 Å². The summed E-state index contributed by atoms with van der Waals surface area (Å²) in [6.07, 6.45) is 8.72. The van der Waals surface area contributed by atoms with Crippen molar-refractivity contribution in [3.05, 3.63) is 21.8 Å². The molecule has 3 aliphatic carbocycles. The molecule has 2 N–H and O–H groups in total. The van der Waals surface area contributed by atoms with E-state index in [0.29, 0.717) is 5.41 Å². The van der Waals surface area contributed by atoms with Crippen molar-refractivity contribution < 1.29 is 0 Å². The summed E-state index contributed by atoms with van der Waals surface area (Å²) in [5.41, 5.74) is 9.24. The highest BCUT2D eigenvalue weighted by Gasteiger charge is 2.52. The number of hydrogen-bond donors (Lipinski definition) is 1. The van der Waals surface area contributed by atoms with Gasteiger partial charge in [-0.15, -0.1) is 0 Å². The smallest absolute Gasteiger partial charge is 0.0157 e. The van der Waals surface area contributed by atoms with Gasteiger partial charge in [0.15, 0.2) is 0 Å². The third-order valence-corrected chi connectivity index (χ3v) is 4.70. The largest absolute Gasteiger partial charge is 0.402 e. The van der Waals surface area contributed by atoms with Crippen molar-refractivity contribution in [1.82, 2.24) is 0 Å². The lowest BCUT2D eigenvalue weighted by atomic mass is 9.58. The van der Waals surface area contributed by atoms with Crippen LogP contribution < -0.4 is 5.73 Å². The summed E-state index contributed by atoms with van der Waals surface area (Å²) in [4.78, 5) is 0. The van der Waals surface area contributed by atoms with E-state index >= 15 is 0 Å². The first-order chi connectivity index (χ1) is 6.22. The van der Waals surface area contributed by atoms with E-state index in [4.69, 9.17) is 5.73 Å². The molecule has 2 atom stereocenters. The summed E-state index contributed by atoms with van der Waals surface area (Å²) in [5, 5.41) is 0. The molecule has 0 aromatic carbocycles. The maximum Gasteiger partial charge on any atom is 0.0157 e. The Morgan fingerprint density at radius 2 is 2.31 bits per heavy atom. The van der Waals surface area contributed by atoms with Gasteiger partial charge in [0.1, 0.15) is 0 Å². The Kier molecular flexibility index (Phi) is 1.50. The van der Waals surface area contributed by atoms with Crippen LogP contribution >= 0.6 is 15.9 Å². The molecule has 1 nitrogen and oxygen atoms in total. The lowest BCUT2D eigenvalue weighted by Crippen LogP contribution is -2.36. The Labute approximate surface area is 87.2 Å². The van der Waals surface area contributed by atoms with Crippen molar-refractivity contribution in [3.63, 3.8) is 0 Å². The first kappa shape index (κ1) is 8.10.